The number of esters is 1. The van der Waals surface area contributed by atoms with E-state index in [9.17, 15) is 14.9 Å². The van der Waals surface area contributed by atoms with Gasteiger partial charge in [0.1, 0.15) is 5.60 Å². The fraction of sp³-hybridized carbons (Fsp3) is 0.533. The SMILES string of the molecule is C.CCc1ccc(CC(=O)OC(C)(C)C)c([N+](=O)[O-])c1. The lowest BCUT2D eigenvalue weighted by molar-refractivity contribution is -0.385. The van der Waals surface area contributed by atoms with E-state index in [1.807, 2.05) is 6.92 Å². The molecule has 0 N–H and O–H groups in total. The van der Waals surface area contributed by atoms with E-state index in [0.29, 0.717) is 12.0 Å². The topological polar surface area (TPSA) is 69.4 Å². The quantitative estimate of drug-likeness (QED) is 0.479. The van der Waals surface area contributed by atoms with E-state index in [4.69, 9.17) is 4.74 Å². The van der Waals surface area contributed by atoms with Crippen LogP contribution in [0.25, 0.3) is 0 Å². The molecule has 0 aliphatic carbocycles. The molecule has 0 saturated carbocycles. The van der Waals surface area contributed by atoms with Crippen molar-refractivity contribution in [2.24, 2.45) is 0 Å². The molecule has 0 atom stereocenters. The minimum absolute atomic E-state index is 0. The molecule has 112 valence electrons. The minimum atomic E-state index is -0.588. The van der Waals surface area contributed by atoms with Gasteiger partial charge in [-0.15, -0.1) is 0 Å². The lowest BCUT2D eigenvalue weighted by Crippen LogP contribution is -2.25. The molecule has 0 aliphatic heterocycles. The molecule has 0 heterocycles. The van der Waals surface area contributed by atoms with E-state index in [2.05, 4.69) is 0 Å². The zero-order valence-electron chi connectivity index (χ0n) is 11.7. The summed E-state index contributed by atoms with van der Waals surface area (Å²) in [5.74, 6) is -0.458. The Balaban J connectivity index is 0.00000361. The number of nitro benzene ring substituents is 1. The summed E-state index contributed by atoms with van der Waals surface area (Å²) in [6, 6.07) is 4.94. The second-order valence-corrected chi connectivity index (χ2v) is 5.34. The second-order valence-electron chi connectivity index (χ2n) is 5.34. The summed E-state index contributed by atoms with van der Waals surface area (Å²) in [6.07, 6.45) is 0.630. The maximum Gasteiger partial charge on any atom is 0.311 e. The first-order chi connectivity index (χ1) is 8.73. The maximum atomic E-state index is 11.7. The third-order valence-corrected chi connectivity index (χ3v) is 2.51. The summed E-state index contributed by atoms with van der Waals surface area (Å²) in [5, 5.41) is 11.0. The predicted molar refractivity (Wildman–Crippen MR) is 78.8 cm³/mol. The third kappa shape index (κ3) is 5.38. The van der Waals surface area contributed by atoms with Gasteiger partial charge in [-0.25, -0.2) is 0 Å². The van der Waals surface area contributed by atoms with Crippen LogP contribution in [0, 0.1) is 10.1 Å². The number of hydrogen-bond donors (Lipinski definition) is 0. The molecule has 0 aromatic heterocycles. The molecule has 1 aromatic rings. The standard InChI is InChI=1S/C14H19NO4.CH4/c1-5-10-6-7-11(12(8-10)15(17)18)9-13(16)19-14(2,3)4;/h6-8H,5,9H2,1-4H3;1H4. The van der Waals surface area contributed by atoms with Gasteiger partial charge in [0.25, 0.3) is 5.69 Å². The molecule has 0 radical (unpaired) electrons. The van der Waals surface area contributed by atoms with Crippen LogP contribution in [0.15, 0.2) is 18.2 Å². The van der Waals surface area contributed by atoms with Gasteiger partial charge in [0.2, 0.25) is 0 Å². The fourth-order valence-electron chi connectivity index (χ4n) is 1.68. The average Bonchev–Trinajstić information content (AvgIpc) is 2.26. The van der Waals surface area contributed by atoms with Gasteiger partial charge in [-0.1, -0.05) is 26.5 Å². The van der Waals surface area contributed by atoms with Crippen molar-refractivity contribution < 1.29 is 14.5 Å². The molecule has 5 nitrogen and oxygen atoms in total. The largest absolute Gasteiger partial charge is 0.460 e. The lowest BCUT2D eigenvalue weighted by atomic mass is 10.0. The molecule has 0 bridgehead atoms. The third-order valence-electron chi connectivity index (χ3n) is 2.51. The normalized spacial score (nSPS) is 10.6. The number of carbonyl (C=O) groups excluding carboxylic acids is 1. The highest BCUT2D eigenvalue weighted by Gasteiger charge is 2.21. The fourth-order valence-corrected chi connectivity index (χ4v) is 1.68. The highest BCUT2D eigenvalue weighted by molar-refractivity contribution is 5.74. The first kappa shape index (κ1) is 18.1. The number of benzene rings is 1. The second kappa shape index (κ2) is 7.03. The number of aryl methyl sites for hydroxylation is 1. The molecular weight excluding hydrogens is 258 g/mol. The molecule has 0 amide bonds. The van der Waals surface area contributed by atoms with Gasteiger partial charge in [0, 0.05) is 11.6 Å². The van der Waals surface area contributed by atoms with Gasteiger partial charge in [-0.2, -0.15) is 0 Å². The molecule has 0 aliphatic rings. The number of hydrogen-bond acceptors (Lipinski definition) is 4. The number of nitrogens with zero attached hydrogens (tertiary/aromatic N) is 1. The van der Waals surface area contributed by atoms with Crippen LogP contribution in [0.5, 0.6) is 0 Å². The van der Waals surface area contributed by atoms with Crippen LogP contribution in [-0.2, 0) is 22.4 Å². The Bertz CT molecular complexity index is 489. The van der Waals surface area contributed by atoms with E-state index in [0.717, 1.165) is 5.56 Å². The van der Waals surface area contributed by atoms with Crippen LogP contribution in [0.1, 0.15) is 46.2 Å². The Hall–Kier alpha value is -1.91. The highest BCUT2D eigenvalue weighted by Crippen LogP contribution is 2.22. The Morgan fingerprint density at radius 2 is 1.95 bits per heavy atom. The van der Waals surface area contributed by atoms with Gasteiger partial charge in [-0.05, 0) is 32.8 Å². The van der Waals surface area contributed by atoms with Gasteiger partial charge in [0.05, 0.1) is 11.3 Å². The van der Waals surface area contributed by atoms with Crippen molar-refractivity contribution in [1.29, 1.82) is 0 Å². The summed E-state index contributed by atoms with van der Waals surface area (Å²) in [7, 11) is 0. The molecule has 20 heavy (non-hydrogen) atoms. The van der Waals surface area contributed by atoms with Crippen molar-refractivity contribution in [2.75, 3.05) is 0 Å². The highest BCUT2D eigenvalue weighted by atomic mass is 16.6. The van der Waals surface area contributed by atoms with E-state index in [1.54, 1.807) is 32.9 Å². The molecule has 0 fully saturated rings. The maximum absolute atomic E-state index is 11.7. The summed E-state index contributed by atoms with van der Waals surface area (Å²) in [4.78, 5) is 22.3. The summed E-state index contributed by atoms with van der Waals surface area (Å²) >= 11 is 0. The minimum Gasteiger partial charge on any atom is -0.460 e. The van der Waals surface area contributed by atoms with Crippen molar-refractivity contribution in [3.8, 4) is 0 Å². The van der Waals surface area contributed by atoms with Crippen molar-refractivity contribution in [2.45, 2.75) is 53.6 Å². The molecule has 5 heteroatoms. The number of ether oxygens (including phenoxy) is 1. The van der Waals surface area contributed by atoms with Crippen molar-refractivity contribution in [3.05, 3.63) is 39.4 Å². The van der Waals surface area contributed by atoms with E-state index >= 15 is 0 Å². The first-order valence-electron chi connectivity index (χ1n) is 6.21. The van der Waals surface area contributed by atoms with Crippen molar-refractivity contribution in [1.82, 2.24) is 0 Å². The van der Waals surface area contributed by atoms with Crippen LogP contribution in [-0.4, -0.2) is 16.5 Å². The van der Waals surface area contributed by atoms with Crippen LogP contribution >= 0.6 is 0 Å². The molecular formula is C15H23NO4. The molecule has 1 rings (SSSR count). The zero-order chi connectivity index (χ0) is 14.6. The number of rotatable bonds is 4. The molecule has 0 saturated heterocycles. The van der Waals surface area contributed by atoms with E-state index in [1.165, 1.54) is 6.07 Å². The van der Waals surface area contributed by atoms with Gasteiger partial charge < -0.3 is 4.74 Å². The summed E-state index contributed by atoms with van der Waals surface area (Å²) < 4.78 is 5.17. The predicted octanol–water partition coefficient (Wildman–Crippen LogP) is 3.68. The average molecular weight is 281 g/mol. The molecule has 0 spiro atoms. The Morgan fingerprint density at radius 1 is 1.35 bits per heavy atom. The van der Waals surface area contributed by atoms with Crippen LogP contribution in [0.2, 0.25) is 0 Å². The number of carbonyl (C=O) groups is 1. The summed E-state index contributed by atoms with van der Waals surface area (Å²) in [5.41, 5.74) is 0.649. The summed E-state index contributed by atoms with van der Waals surface area (Å²) in [6.45, 7) is 7.21. The molecule has 0 unspecified atom stereocenters. The first-order valence-corrected chi connectivity index (χ1v) is 6.21. The molecule has 1 aromatic carbocycles. The number of nitro groups is 1. The van der Waals surface area contributed by atoms with Gasteiger partial charge in [0.15, 0.2) is 0 Å². The Morgan fingerprint density at radius 3 is 2.40 bits per heavy atom. The van der Waals surface area contributed by atoms with Crippen LogP contribution in [0.3, 0.4) is 0 Å². The van der Waals surface area contributed by atoms with Gasteiger partial charge in [-0.3, -0.25) is 14.9 Å². The smallest absolute Gasteiger partial charge is 0.311 e. The monoisotopic (exact) mass is 281 g/mol. The van der Waals surface area contributed by atoms with Crippen molar-refractivity contribution >= 4 is 11.7 Å². The van der Waals surface area contributed by atoms with Crippen molar-refractivity contribution in [3.63, 3.8) is 0 Å². The lowest BCUT2D eigenvalue weighted by Gasteiger charge is -2.19. The van der Waals surface area contributed by atoms with E-state index < -0.39 is 16.5 Å². The van der Waals surface area contributed by atoms with E-state index in [-0.39, 0.29) is 19.5 Å². The zero-order valence-corrected chi connectivity index (χ0v) is 11.7. The van der Waals surface area contributed by atoms with Gasteiger partial charge >= 0.3 is 5.97 Å². The van der Waals surface area contributed by atoms with Crippen LogP contribution in [0.4, 0.5) is 5.69 Å². The Labute approximate surface area is 120 Å². The van der Waals surface area contributed by atoms with Crippen LogP contribution < -0.4 is 0 Å². The Kier molecular flexibility index (Phi) is 6.36.